The van der Waals surface area contributed by atoms with Crippen LogP contribution in [0.2, 0.25) is 0 Å². The van der Waals surface area contributed by atoms with E-state index in [2.05, 4.69) is 20.8 Å². The Morgan fingerprint density at radius 2 is 2.22 bits per heavy atom. The van der Waals surface area contributed by atoms with Gasteiger partial charge in [0.1, 0.15) is 12.4 Å². The van der Waals surface area contributed by atoms with E-state index in [9.17, 15) is 9.59 Å². The summed E-state index contributed by atoms with van der Waals surface area (Å²) in [5.41, 5.74) is 1.22. The van der Waals surface area contributed by atoms with Crippen LogP contribution in [0.1, 0.15) is 18.6 Å². The van der Waals surface area contributed by atoms with E-state index in [0.29, 0.717) is 41.8 Å². The van der Waals surface area contributed by atoms with Crippen molar-refractivity contribution in [3.8, 4) is 5.75 Å². The Kier molecular flexibility index (Phi) is 5.55. The van der Waals surface area contributed by atoms with Crippen molar-refractivity contribution >= 4 is 23.3 Å². The fourth-order valence-corrected chi connectivity index (χ4v) is 2.63. The lowest BCUT2D eigenvalue weighted by Crippen LogP contribution is -2.42. The van der Waals surface area contributed by atoms with Crippen LogP contribution in [0.15, 0.2) is 22.7 Å². The normalized spacial score (nSPS) is 15.9. The zero-order chi connectivity index (χ0) is 19.4. The number of hydrogen-bond donors (Lipinski definition) is 2. The number of amides is 3. The van der Waals surface area contributed by atoms with Crippen molar-refractivity contribution in [1.29, 1.82) is 0 Å². The van der Waals surface area contributed by atoms with Crippen molar-refractivity contribution in [3.05, 3.63) is 29.9 Å². The fraction of sp³-hybridized carbons (Fsp3) is 0.412. The number of likely N-dealkylation sites (N-methyl/N-ethyl adjacent to an activating group) is 1. The maximum absolute atomic E-state index is 12.0. The van der Waals surface area contributed by atoms with Gasteiger partial charge in [0.2, 0.25) is 5.89 Å². The summed E-state index contributed by atoms with van der Waals surface area (Å²) in [6, 6.07) is 4.74. The minimum Gasteiger partial charge on any atom is -0.479 e. The number of nitrogens with one attached hydrogen (secondary N) is 2. The summed E-state index contributed by atoms with van der Waals surface area (Å²) < 4.78 is 15.6. The van der Waals surface area contributed by atoms with E-state index in [1.165, 1.54) is 4.90 Å². The predicted octanol–water partition coefficient (Wildman–Crippen LogP) is 1.32. The molecule has 1 aromatic heterocycles. The van der Waals surface area contributed by atoms with Crippen LogP contribution in [0.25, 0.3) is 0 Å². The summed E-state index contributed by atoms with van der Waals surface area (Å²) in [4.78, 5) is 29.6. The van der Waals surface area contributed by atoms with Crippen LogP contribution in [-0.2, 0) is 22.6 Å². The van der Waals surface area contributed by atoms with E-state index in [0.717, 1.165) is 0 Å². The molecule has 10 heteroatoms. The lowest BCUT2D eigenvalue weighted by molar-refractivity contribution is -0.125. The summed E-state index contributed by atoms with van der Waals surface area (Å²) in [6.07, 6.45) is -0.161. The number of carbonyl (C=O) groups excluding carboxylic acids is 2. The molecule has 1 aliphatic rings. The highest BCUT2D eigenvalue weighted by Gasteiger charge is 2.28. The molecule has 10 nitrogen and oxygen atoms in total. The topological polar surface area (TPSA) is 119 Å². The third kappa shape index (κ3) is 4.34. The minimum atomic E-state index is -0.566. The first-order chi connectivity index (χ1) is 13.0. The van der Waals surface area contributed by atoms with Crippen molar-refractivity contribution in [2.45, 2.75) is 26.1 Å². The largest absolute Gasteiger partial charge is 0.479 e. The molecule has 3 amide bonds. The van der Waals surface area contributed by atoms with Crippen LogP contribution >= 0.6 is 0 Å². The molecule has 0 aliphatic carbocycles. The number of methoxy groups -OCH3 is 1. The summed E-state index contributed by atoms with van der Waals surface area (Å²) in [7, 11) is 3.24. The number of anilines is 2. The number of hydrogen-bond acceptors (Lipinski definition) is 7. The minimum absolute atomic E-state index is 0.115. The highest BCUT2D eigenvalue weighted by Crippen LogP contribution is 2.35. The number of ether oxygens (including phenoxy) is 2. The monoisotopic (exact) mass is 375 g/mol. The molecule has 3 rings (SSSR count). The number of fused-ring (bicyclic) bond motifs is 1. The quantitative estimate of drug-likeness (QED) is 0.781. The van der Waals surface area contributed by atoms with E-state index < -0.39 is 6.10 Å². The van der Waals surface area contributed by atoms with Gasteiger partial charge in [-0.05, 0) is 19.1 Å². The first-order valence-electron chi connectivity index (χ1n) is 8.41. The van der Waals surface area contributed by atoms with Crippen molar-refractivity contribution in [3.63, 3.8) is 0 Å². The van der Waals surface area contributed by atoms with E-state index >= 15 is 0 Å². The molecule has 2 heterocycles. The number of rotatable bonds is 6. The number of aromatic nitrogens is 2. The second-order valence-corrected chi connectivity index (χ2v) is 6.01. The zero-order valence-corrected chi connectivity index (χ0v) is 15.3. The molecule has 0 unspecified atom stereocenters. The third-order valence-corrected chi connectivity index (χ3v) is 3.97. The van der Waals surface area contributed by atoms with Crippen molar-refractivity contribution < 1.29 is 23.6 Å². The van der Waals surface area contributed by atoms with Crippen LogP contribution in [-0.4, -0.2) is 48.9 Å². The first-order valence-corrected chi connectivity index (χ1v) is 8.41. The molecule has 1 atom stereocenters. The molecule has 0 fully saturated rings. The van der Waals surface area contributed by atoms with E-state index in [4.69, 9.17) is 14.0 Å². The molecule has 1 aliphatic heterocycles. The number of nitrogens with zero attached hydrogens (tertiary/aromatic N) is 3. The fourth-order valence-electron chi connectivity index (χ4n) is 2.63. The SMILES string of the molecule is COCc1noc(CCNC(=O)Nc2ccc3c(c2)O[C@H](C)C(=O)N3C)n1. The molecule has 27 heavy (non-hydrogen) atoms. The Morgan fingerprint density at radius 1 is 1.41 bits per heavy atom. The second kappa shape index (κ2) is 8.04. The molecule has 0 saturated carbocycles. The smallest absolute Gasteiger partial charge is 0.319 e. The summed E-state index contributed by atoms with van der Waals surface area (Å²) >= 11 is 0. The van der Waals surface area contributed by atoms with Crippen LogP contribution in [0.5, 0.6) is 5.75 Å². The molecular weight excluding hydrogens is 354 g/mol. The molecule has 2 aromatic rings. The van der Waals surface area contributed by atoms with Crippen molar-refractivity contribution in [2.24, 2.45) is 0 Å². The van der Waals surface area contributed by atoms with Gasteiger partial charge in [-0.25, -0.2) is 4.79 Å². The molecule has 1 aromatic carbocycles. The van der Waals surface area contributed by atoms with Gasteiger partial charge in [0.05, 0.1) is 5.69 Å². The van der Waals surface area contributed by atoms with Crippen LogP contribution in [0.3, 0.4) is 0 Å². The van der Waals surface area contributed by atoms with Crippen LogP contribution < -0.4 is 20.3 Å². The van der Waals surface area contributed by atoms with Gasteiger partial charge in [-0.3, -0.25) is 4.79 Å². The second-order valence-electron chi connectivity index (χ2n) is 6.01. The average Bonchev–Trinajstić information content (AvgIpc) is 3.07. The lowest BCUT2D eigenvalue weighted by Gasteiger charge is -2.30. The highest BCUT2D eigenvalue weighted by atomic mass is 16.5. The standard InChI is InChI=1S/C17H21N5O5/c1-10-16(23)22(2)12-5-4-11(8-13(12)26-10)19-17(24)18-7-6-15-20-14(9-25-3)21-27-15/h4-5,8,10H,6-7,9H2,1-3H3,(H2,18,19,24)/t10-/m1/s1. The molecule has 0 radical (unpaired) electrons. The van der Waals surface area contributed by atoms with Gasteiger partial charge >= 0.3 is 6.03 Å². The number of carbonyl (C=O) groups is 2. The number of urea groups is 1. The summed E-state index contributed by atoms with van der Waals surface area (Å²) in [6.45, 7) is 2.29. The van der Waals surface area contributed by atoms with E-state index in [1.54, 1.807) is 39.3 Å². The number of benzene rings is 1. The van der Waals surface area contributed by atoms with E-state index in [-0.39, 0.29) is 18.5 Å². The summed E-state index contributed by atoms with van der Waals surface area (Å²) in [5, 5.41) is 9.18. The Hall–Kier alpha value is -3.14. The maximum atomic E-state index is 12.0. The average molecular weight is 375 g/mol. The van der Waals surface area contributed by atoms with Gasteiger partial charge in [0.15, 0.2) is 11.9 Å². The van der Waals surface area contributed by atoms with Crippen LogP contribution in [0.4, 0.5) is 16.2 Å². The molecule has 0 bridgehead atoms. The molecular formula is C17H21N5O5. The Bertz CT molecular complexity index is 837. The molecule has 144 valence electrons. The molecule has 2 N–H and O–H groups in total. The lowest BCUT2D eigenvalue weighted by atomic mass is 10.2. The van der Waals surface area contributed by atoms with Gasteiger partial charge in [-0.15, -0.1) is 0 Å². The molecule has 0 spiro atoms. The third-order valence-electron chi connectivity index (χ3n) is 3.97. The maximum Gasteiger partial charge on any atom is 0.319 e. The van der Waals surface area contributed by atoms with Gasteiger partial charge < -0.3 is 29.5 Å². The first kappa shape index (κ1) is 18.6. The van der Waals surface area contributed by atoms with Crippen LogP contribution in [0, 0.1) is 0 Å². The predicted molar refractivity (Wildman–Crippen MR) is 95.7 cm³/mol. The summed E-state index contributed by atoms with van der Waals surface area (Å²) in [5.74, 6) is 1.31. The van der Waals surface area contributed by atoms with Gasteiger partial charge in [0.25, 0.3) is 5.91 Å². The van der Waals surface area contributed by atoms with E-state index in [1.807, 2.05) is 0 Å². The Morgan fingerprint density at radius 3 is 3.00 bits per heavy atom. The highest BCUT2D eigenvalue weighted by molar-refractivity contribution is 6.00. The van der Waals surface area contributed by atoms with Crippen molar-refractivity contribution in [2.75, 3.05) is 30.9 Å². The zero-order valence-electron chi connectivity index (χ0n) is 15.3. The molecule has 0 saturated heterocycles. The Balaban J connectivity index is 1.52. The van der Waals surface area contributed by atoms with Gasteiger partial charge in [-0.2, -0.15) is 4.98 Å². The van der Waals surface area contributed by atoms with Gasteiger partial charge in [-0.1, -0.05) is 5.16 Å². The Labute approximate surface area is 155 Å². The van der Waals surface area contributed by atoms with Crippen molar-refractivity contribution in [1.82, 2.24) is 15.5 Å². The van der Waals surface area contributed by atoms with Gasteiger partial charge in [0, 0.05) is 38.9 Å².